The SMILES string of the molecule is CC1=C(c2ccc(N)cc2)C=CC(NO)(Oc2ncc(Cl)cc2F)C1. The zero-order chi connectivity index (χ0) is 18.0. The summed E-state index contributed by atoms with van der Waals surface area (Å²) in [5, 5.41) is 9.78. The number of nitrogens with one attached hydrogen (secondary N) is 1. The molecule has 1 aliphatic rings. The molecular formula is C18H17ClFN3O2. The highest BCUT2D eigenvalue weighted by Gasteiger charge is 2.34. The molecule has 1 heterocycles. The van der Waals surface area contributed by atoms with Crippen molar-refractivity contribution in [2.45, 2.75) is 19.1 Å². The second-order valence-electron chi connectivity index (χ2n) is 5.87. The molecule has 130 valence electrons. The highest BCUT2D eigenvalue weighted by molar-refractivity contribution is 6.30. The molecule has 0 saturated carbocycles. The first-order chi connectivity index (χ1) is 11.9. The van der Waals surface area contributed by atoms with Crippen LogP contribution in [-0.4, -0.2) is 15.9 Å². The lowest BCUT2D eigenvalue weighted by Crippen LogP contribution is -2.48. The minimum atomic E-state index is -1.32. The van der Waals surface area contributed by atoms with Crippen LogP contribution >= 0.6 is 11.6 Å². The molecule has 1 aromatic carbocycles. The van der Waals surface area contributed by atoms with Crippen molar-refractivity contribution in [1.29, 1.82) is 0 Å². The molecule has 0 saturated heterocycles. The average Bonchev–Trinajstić information content (AvgIpc) is 2.59. The Morgan fingerprint density at radius 2 is 2.08 bits per heavy atom. The number of aromatic nitrogens is 1. The van der Waals surface area contributed by atoms with Gasteiger partial charge in [-0.05, 0) is 42.3 Å². The number of nitrogens with zero attached hydrogens (tertiary/aromatic N) is 1. The highest BCUT2D eigenvalue weighted by atomic mass is 35.5. The molecule has 0 amide bonds. The molecular weight excluding hydrogens is 345 g/mol. The fourth-order valence-electron chi connectivity index (χ4n) is 2.73. The smallest absolute Gasteiger partial charge is 0.252 e. The van der Waals surface area contributed by atoms with Crippen LogP contribution < -0.4 is 16.0 Å². The molecule has 0 fully saturated rings. The van der Waals surface area contributed by atoms with E-state index in [0.717, 1.165) is 22.8 Å². The third-order valence-corrected chi connectivity index (χ3v) is 4.18. The molecule has 0 spiro atoms. The minimum Gasteiger partial charge on any atom is -0.448 e. The van der Waals surface area contributed by atoms with Crippen LogP contribution in [-0.2, 0) is 0 Å². The summed E-state index contributed by atoms with van der Waals surface area (Å²) >= 11 is 5.70. The summed E-state index contributed by atoms with van der Waals surface area (Å²) in [6, 6.07) is 8.57. The van der Waals surface area contributed by atoms with Crippen LogP contribution in [0.5, 0.6) is 5.88 Å². The largest absolute Gasteiger partial charge is 0.448 e. The number of allylic oxidation sites excluding steroid dienone is 2. The Hall–Kier alpha value is -2.41. The van der Waals surface area contributed by atoms with Crippen LogP contribution in [0, 0.1) is 5.82 Å². The third-order valence-electron chi connectivity index (χ3n) is 3.97. The number of hydrogen-bond acceptors (Lipinski definition) is 5. The fraction of sp³-hybridized carbons (Fsp3) is 0.167. The third kappa shape index (κ3) is 3.66. The maximum Gasteiger partial charge on any atom is 0.252 e. The summed E-state index contributed by atoms with van der Waals surface area (Å²) in [5.41, 5.74) is 10.1. The van der Waals surface area contributed by atoms with Crippen molar-refractivity contribution in [3.63, 3.8) is 0 Å². The van der Waals surface area contributed by atoms with Gasteiger partial charge in [0.15, 0.2) is 5.82 Å². The van der Waals surface area contributed by atoms with E-state index in [1.54, 1.807) is 12.2 Å². The predicted molar refractivity (Wildman–Crippen MR) is 94.7 cm³/mol. The van der Waals surface area contributed by atoms with Gasteiger partial charge in [0.25, 0.3) is 5.88 Å². The lowest BCUT2D eigenvalue weighted by Gasteiger charge is -2.33. The Morgan fingerprint density at radius 1 is 1.36 bits per heavy atom. The number of nitrogen functional groups attached to an aromatic ring is 1. The van der Waals surface area contributed by atoms with Crippen molar-refractivity contribution in [2.24, 2.45) is 0 Å². The predicted octanol–water partition coefficient (Wildman–Crippen LogP) is 3.94. The molecule has 0 bridgehead atoms. The van der Waals surface area contributed by atoms with Gasteiger partial charge < -0.3 is 15.7 Å². The fourth-order valence-corrected chi connectivity index (χ4v) is 2.88. The second-order valence-corrected chi connectivity index (χ2v) is 6.31. The molecule has 0 radical (unpaired) electrons. The number of ether oxygens (including phenoxy) is 1. The van der Waals surface area contributed by atoms with Gasteiger partial charge >= 0.3 is 0 Å². The number of anilines is 1. The Balaban J connectivity index is 1.88. The molecule has 3 rings (SSSR count). The van der Waals surface area contributed by atoms with E-state index in [-0.39, 0.29) is 10.9 Å². The number of halogens is 2. The van der Waals surface area contributed by atoms with Gasteiger partial charge in [-0.1, -0.05) is 35.4 Å². The van der Waals surface area contributed by atoms with E-state index in [0.29, 0.717) is 12.1 Å². The highest BCUT2D eigenvalue weighted by Crippen LogP contribution is 2.34. The summed E-state index contributed by atoms with van der Waals surface area (Å²) < 4.78 is 19.6. The Bertz CT molecular complexity index is 852. The zero-order valence-electron chi connectivity index (χ0n) is 13.5. The summed E-state index contributed by atoms with van der Waals surface area (Å²) in [6.45, 7) is 1.91. The number of hydrogen-bond donors (Lipinski definition) is 3. The maximum absolute atomic E-state index is 14.0. The Kier molecular flexibility index (Phi) is 4.76. The van der Waals surface area contributed by atoms with Crippen molar-refractivity contribution in [2.75, 3.05) is 5.73 Å². The first-order valence-corrected chi connectivity index (χ1v) is 7.96. The van der Waals surface area contributed by atoms with Crippen LogP contribution in [0.25, 0.3) is 5.57 Å². The van der Waals surface area contributed by atoms with Crippen LogP contribution in [0.1, 0.15) is 18.9 Å². The molecule has 25 heavy (non-hydrogen) atoms. The summed E-state index contributed by atoms with van der Waals surface area (Å²) in [7, 11) is 0. The molecule has 7 heteroatoms. The normalized spacial score (nSPS) is 20.0. The minimum absolute atomic E-state index is 0.164. The van der Waals surface area contributed by atoms with E-state index in [4.69, 9.17) is 22.1 Å². The van der Waals surface area contributed by atoms with Crippen LogP contribution in [0.3, 0.4) is 0 Å². The van der Waals surface area contributed by atoms with Gasteiger partial charge in [-0.3, -0.25) is 0 Å². The van der Waals surface area contributed by atoms with E-state index in [1.807, 2.05) is 31.2 Å². The van der Waals surface area contributed by atoms with Crippen molar-refractivity contribution < 1.29 is 14.3 Å². The monoisotopic (exact) mass is 361 g/mol. The first kappa shape index (κ1) is 17.4. The number of pyridine rings is 1. The molecule has 4 N–H and O–H groups in total. The lowest BCUT2D eigenvalue weighted by molar-refractivity contribution is -0.0430. The van der Waals surface area contributed by atoms with Crippen LogP contribution in [0.4, 0.5) is 10.1 Å². The molecule has 1 atom stereocenters. The van der Waals surface area contributed by atoms with Crippen molar-refractivity contribution in [1.82, 2.24) is 10.5 Å². The van der Waals surface area contributed by atoms with E-state index in [2.05, 4.69) is 10.5 Å². The van der Waals surface area contributed by atoms with Crippen LogP contribution in [0.15, 0.2) is 54.3 Å². The standard InChI is InChI=1S/C18H17ClFN3O2/c1-11-9-18(23-24,25-17-16(20)8-13(19)10-22-17)7-6-15(11)12-2-4-14(21)5-3-12/h2-8,10,23-24H,9,21H2,1H3. The summed E-state index contributed by atoms with van der Waals surface area (Å²) in [6.07, 6.45) is 5.01. The van der Waals surface area contributed by atoms with Crippen molar-refractivity contribution >= 4 is 22.9 Å². The van der Waals surface area contributed by atoms with Gasteiger partial charge in [0, 0.05) is 18.3 Å². The molecule has 1 unspecified atom stereocenters. The van der Waals surface area contributed by atoms with Gasteiger partial charge in [0.05, 0.1) is 5.02 Å². The maximum atomic E-state index is 14.0. The molecule has 5 nitrogen and oxygen atoms in total. The Morgan fingerprint density at radius 3 is 2.68 bits per heavy atom. The van der Waals surface area contributed by atoms with Crippen molar-refractivity contribution in [3.8, 4) is 5.88 Å². The number of nitrogens with two attached hydrogens (primary N) is 1. The molecule has 2 aromatic rings. The van der Waals surface area contributed by atoms with E-state index >= 15 is 0 Å². The molecule has 1 aromatic heterocycles. The van der Waals surface area contributed by atoms with Gasteiger partial charge in [0.1, 0.15) is 0 Å². The zero-order valence-corrected chi connectivity index (χ0v) is 14.2. The molecule has 1 aliphatic carbocycles. The number of hydroxylamine groups is 1. The van der Waals surface area contributed by atoms with Crippen molar-refractivity contribution in [3.05, 3.63) is 70.7 Å². The lowest BCUT2D eigenvalue weighted by atomic mass is 9.89. The van der Waals surface area contributed by atoms with Gasteiger partial charge in [0.2, 0.25) is 5.72 Å². The molecule has 0 aliphatic heterocycles. The number of rotatable bonds is 4. The number of benzene rings is 1. The van der Waals surface area contributed by atoms with E-state index < -0.39 is 11.5 Å². The first-order valence-electron chi connectivity index (χ1n) is 7.59. The van der Waals surface area contributed by atoms with E-state index in [1.165, 1.54) is 6.20 Å². The van der Waals surface area contributed by atoms with E-state index in [9.17, 15) is 9.60 Å². The van der Waals surface area contributed by atoms with Gasteiger partial charge in [-0.2, -0.15) is 5.48 Å². The Labute approximate surface area is 149 Å². The van der Waals surface area contributed by atoms with Crippen LogP contribution in [0.2, 0.25) is 5.02 Å². The summed E-state index contributed by atoms with van der Waals surface area (Å²) in [5.74, 6) is -0.958. The van der Waals surface area contributed by atoms with Gasteiger partial charge in [-0.25, -0.2) is 9.37 Å². The quantitative estimate of drug-likeness (QED) is 0.436. The average molecular weight is 362 g/mol. The van der Waals surface area contributed by atoms with Gasteiger partial charge in [-0.15, -0.1) is 0 Å². The second kappa shape index (κ2) is 6.84. The topological polar surface area (TPSA) is 80.4 Å². The summed E-state index contributed by atoms with van der Waals surface area (Å²) in [4.78, 5) is 3.83.